The number of pyridine rings is 1. The summed E-state index contributed by atoms with van der Waals surface area (Å²) in [5.74, 6) is 1.34. The van der Waals surface area contributed by atoms with Gasteiger partial charge in [-0.15, -0.1) is 0 Å². The van der Waals surface area contributed by atoms with Crippen LogP contribution in [0, 0.1) is 17.0 Å². The molecule has 1 N–H and O–H groups in total. The third kappa shape index (κ3) is 3.97. The van der Waals surface area contributed by atoms with Gasteiger partial charge in [-0.1, -0.05) is 23.7 Å². The molecule has 154 valence electrons. The minimum atomic E-state index is -0.442. The first-order chi connectivity index (χ1) is 14.5. The third-order valence-corrected chi connectivity index (χ3v) is 5.47. The van der Waals surface area contributed by atoms with Crippen LogP contribution >= 0.6 is 11.6 Å². The predicted octanol–water partition coefficient (Wildman–Crippen LogP) is 3.81. The molecule has 2 aromatic heterocycles. The number of aromatic nitrogens is 3. The van der Waals surface area contributed by atoms with Crippen molar-refractivity contribution in [2.45, 2.75) is 6.92 Å². The molecule has 1 fully saturated rings. The Kier molecular flexibility index (Phi) is 5.62. The molecule has 3 aromatic rings. The molecule has 4 rings (SSSR count). The van der Waals surface area contributed by atoms with Gasteiger partial charge in [0, 0.05) is 43.1 Å². The highest BCUT2D eigenvalue weighted by Gasteiger charge is 2.29. The Morgan fingerprint density at radius 3 is 2.50 bits per heavy atom. The SMILES string of the molecule is Cc1c(Cl)cccc1Nc1ncnc(N2CCN(c3ccccn3)CC2)c1[N+](=O)[O-]. The number of anilines is 4. The fourth-order valence-electron chi connectivity index (χ4n) is 3.42. The van der Waals surface area contributed by atoms with Gasteiger partial charge < -0.3 is 15.1 Å². The van der Waals surface area contributed by atoms with Crippen LogP contribution in [0.4, 0.5) is 28.8 Å². The molecule has 0 aliphatic carbocycles. The summed E-state index contributed by atoms with van der Waals surface area (Å²) in [7, 11) is 0. The van der Waals surface area contributed by atoms with Crippen LogP contribution in [0.1, 0.15) is 5.56 Å². The van der Waals surface area contributed by atoms with E-state index in [1.807, 2.05) is 30.0 Å². The number of hydrogen-bond acceptors (Lipinski definition) is 8. The van der Waals surface area contributed by atoms with E-state index < -0.39 is 4.92 Å². The minimum absolute atomic E-state index is 0.141. The van der Waals surface area contributed by atoms with Gasteiger partial charge in [0.2, 0.25) is 11.6 Å². The van der Waals surface area contributed by atoms with Crippen molar-refractivity contribution in [1.82, 2.24) is 15.0 Å². The molecule has 0 saturated carbocycles. The molecule has 10 heteroatoms. The molecule has 0 unspecified atom stereocenters. The molecule has 1 aliphatic heterocycles. The second kappa shape index (κ2) is 8.50. The van der Waals surface area contributed by atoms with Crippen molar-refractivity contribution in [2.75, 3.05) is 41.3 Å². The first-order valence-electron chi connectivity index (χ1n) is 9.47. The lowest BCUT2D eigenvalue weighted by Crippen LogP contribution is -2.47. The quantitative estimate of drug-likeness (QED) is 0.486. The van der Waals surface area contributed by atoms with Crippen molar-refractivity contribution < 1.29 is 4.92 Å². The summed E-state index contributed by atoms with van der Waals surface area (Å²) in [6.45, 7) is 4.40. The van der Waals surface area contributed by atoms with E-state index in [9.17, 15) is 10.1 Å². The van der Waals surface area contributed by atoms with Gasteiger partial charge in [0.25, 0.3) is 0 Å². The number of nitro groups is 1. The van der Waals surface area contributed by atoms with Gasteiger partial charge in [-0.2, -0.15) is 0 Å². The molecule has 9 nitrogen and oxygen atoms in total. The van der Waals surface area contributed by atoms with Crippen LogP contribution in [0.15, 0.2) is 48.9 Å². The number of nitrogens with zero attached hydrogens (tertiary/aromatic N) is 6. The number of benzene rings is 1. The highest BCUT2D eigenvalue weighted by molar-refractivity contribution is 6.31. The third-order valence-electron chi connectivity index (χ3n) is 5.06. The second-order valence-electron chi connectivity index (χ2n) is 6.85. The maximum absolute atomic E-state index is 11.9. The van der Waals surface area contributed by atoms with Crippen LogP contribution in [0.25, 0.3) is 0 Å². The summed E-state index contributed by atoms with van der Waals surface area (Å²) in [5.41, 5.74) is 1.30. The normalized spacial score (nSPS) is 13.9. The number of rotatable bonds is 5. The van der Waals surface area contributed by atoms with Crippen LogP contribution in [0.2, 0.25) is 5.02 Å². The fourth-order valence-corrected chi connectivity index (χ4v) is 3.59. The summed E-state index contributed by atoms with van der Waals surface area (Å²) in [4.78, 5) is 28.3. The van der Waals surface area contributed by atoms with E-state index >= 15 is 0 Å². The van der Waals surface area contributed by atoms with Crippen molar-refractivity contribution in [3.63, 3.8) is 0 Å². The van der Waals surface area contributed by atoms with Gasteiger partial charge in [0.05, 0.1) is 4.92 Å². The van der Waals surface area contributed by atoms with Crippen LogP contribution in [0.5, 0.6) is 0 Å². The molecule has 0 atom stereocenters. The van der Waals surface area contributed by atoms with Crippen LogP contribution < -0.4 is 15.1 Å². The monoisotopic (exact) mass is 425 g/mol. The Balaban J connectivity index is 1.59. The molecule has 0 amide bonds. The number of piperazine rings is 1. The summed E-state index contributed by atoms with van der Waals surface area (Å²) in [5, 5.41) is 15.6. The Morgan fingerprint density at radius 2 is 1.80 bits per heavy atom. The summed E-state index contributed by atoms with van der Waals surface area (Å²) < 4.78 is 0. The highest BCUT2D eigenvalue weighted by atomic mass is 35.5. The van der Waals surface area contributed by atoms with E-state index in [1.54, 1.807) is 24.4 Å². The van der Waals surface area contributed by atoms with Crippen LogP contribution in [0.3, 0.4) is 0 Å². The topological polar surface area (TPSA) is 100 Å². The molecule has 0 bridgehead atoms. The molecule has 1 aromatic carbocycles. The predicted molar refractivity (Wildman–Crippen MR) is 117 cm³/mol. The van der Waals surface area contributed by atoms with E-state index in [2.05, 4.69) is 25.2 Å². The Labute approximate surface area is 178 Å². The highest BCUT2D eigenvalue weighted by Crippen LogP contribution is 2.35. The Bertz CT molecular complexity index is 1060. The van der Waals surface area contributed by atoms with Crippen molar-refractivity contribution in [1.29, 1.82) is 0 Å². The van der Waals surface area contributed by atoms with E-state index in [0.717, 1.165) is 11.4 Å². The van der Waals surface area contributed by atoms with E-state index in [-0.39, 0.29) is 11.5 Å². The number of hydrogen-bond donors (Lipinski definition) is 1. The van der Waals surface area contributed by atoms with E-state index in [4.69, 9.17) is 11.6 Å². The van der Waals surface area contributed by atoms with Gasteiger partial charge in [-0.25, -0.2) is 15.0 Å². The zero-order valence-electron chi connectivity index (χ0n) is 16.3. The lowest BCUT2D eigenvalue weighted by atomic mass is 10.2. The van der Waals surface area contributed by atoms with E-state index in [0.29, 0.717) is 42.7 Å². The standard InChI is InChI=1S/C20H20ClN7O2/c1-14-15(21)5-4-6-16(14)25-19-18(28(29)30)20(24-13-23-19)27-11-9-26(10-12-27)17-7-2-3-8-22-17/h2-8,13H,9-12H2,1H3,(H,23,24,25). The minimum Gasteiger partial charge on any atom is -0.353 e. The van der Waals surface area contributed by atoms with Crippen LogP contribution in [-0.2, 0) is 0 Å². The van der Waals surface area contributed by atoms with Crippen LogP contribution in [-0.4, -0.2) is 46.1 Å². The van der Waals surface area contributed by atoms with Gasteiger partial charge in [-0.05, 0) is 36.8 Å². The molecule has 0 radical (unpaired) electrons. The lowest BCUT2D eigenvalue weighted by molar-refractivity contribution is -0.383. The fraction of sp³-hybridized carbons (Fsp3) is 0.250. The molecular weight excluding hydrogens is 406 g/mol. The summed E-state index contributed by atoms with van der Waals surface area (Å²) in [6.07, 6.45) is 3.10. The zero-order chi connectivity index (χ0) is 21.1. The van der Waals surface area contributed by atoms with Gasteiger partial charge in [0.15, 0.2) is 0 Å². The Morgan fingerprint density at radius 1 is 1.03 bits per heavy atom. The average molecular weight is 426 g/mol. The van der Waals surface area contributed by atoms with Gasteiger partial charge >= 0.3 is 5.69 Å². The zero-order valence-corrected chi connectivity index (χ0v) is 17.1. The summed E-state index contributed by atoms with van der Waals surface area (Å²) in [6, 6.07) is 11.1. The number of halogens is 1. The molecule has 1 aliphatic rings. The van der Waals surface area contributed by atoms with Crippen molar-refractivity contribution in [3.05, 3.63) is 69.6 Å². The van der Waals surface area contributed by atoms with Gasteiger partial charge in [0.1, 0.15) is 12.1 Å². The van der Waals surface area contributed by atoms with Gasteiger partial charge in [-0.3, -0.25) is 10.1 Å². The van der Waals surface area contributed by atoms with Crippen molar-refractivity contribution >= 4 is 40.4 Å². The van der Waals surface area contributed by atoms with Crippen molar-refractivity contribution in [3.8, 4) is 0 Å². The maximum Gasteiger partial charge on any atom is 0.353 e. The first kappa shape index (κ1) is 19.8. The molecular formula is C20H20ClN7O2. The molecule has 1 saturated heterocycles. The molecule has 3 heterocycles. The molecule has 30 heavy (non-hydrogen) atoms. The summed E-state index contributed by atoms with van der Waals surface area (Å²) >= 11 is 6.17. The molecule has 0 spiro atoms. The largest absolute Gasteiger partial charge is 0.353 e. The van der Waals surface area contributed by atoms with Crippen molar-refractivity contribution in [2.24, 2.45) is 0 Å². The Hall–Kier alpha value is -3.46. The smallest absolute Gasteiger partial charge is 0.353 e. The second-order valence-corrected chi connectivity index (χ2v) is 7.26. The first-order valence-corrected chi connectivity index (χ1v) is 9.85. The number of nitrogens with one attached hydrogen (secondary N) is 1. The maximum atomic E-state index is 11.9. The van der Waals surface area contributed by atoms with E-state index in [1.165, 1.54) is 6.33 Å². The average Bonchev–Trinajstić information content (AvgIpc) is 2.77. The lowest BCUT2D eigenvalue weighted by Gasteiger charge is -2.35.